The zero-order chi connectivity index (χ0) is 20.4. The largest absolute Gasteiger partial charge is 0.306 e. The Bertz CT molecular complexity index is 977. The maximum atomic E-state index is 13.8. The molecule has 3 aromatic rings. The van der Waals surface area contributed by atoms with Gasteiger partial charge in [-0.25, -0.2) is 0 Å². The molecule has 150 valence electrons. The summed E-state index contributed by atoms with van der Waals surface area (Å²) in [5, 5.41) is 6.90. The summed E-state index contributed by atoms with van der Waals surface area (Å²) in [5.41, 5.74) is 6.65. The Balaban J connectivity index is 1.70. The number of fused-ring (bicyclic) bond motifs is 1. The Hall–Kier alpha value is -2.95. The second-order valence-electron chi connectivity index (χ2n) is 8.21. The first-order chi connectivity index (χ1) is 14.0. The average molecular weight is 389 g/mol. The summed E-state index contributed by atoms with van der Waals surface area (Å²) in [5.74, 6) is 0.377. The van der Waals surface area contributed by atoms with Gasteiger partial charge in [0.05, 0.1) is 30.5 Å². The van der Waals surface area contributed by atoms with E-state index in [1.54, 1.807) is 6.20 Å². The molecule has 0 bridgehead atoms. The van der Waals surface area contributed by atoms with Crippen LogP contribution in [0.1, 0.15) is 66.5 Å². The van der Waals surface area contributed by atoms with Crippen molar-refractivity contribution in [3.8, 4) is 0 Å². The summed E-state index contributed by atoms with van der Waals surface area (Å²) in [4.78, 5) is 20.2. The second kappa shape index (κ2) is 8.19. The maximum Gasteiger partial charge on any atom is 0.234 e. The number of aryl methyl sites for hydroxylation is 1. The molecule has 4 rings (SSSR count). The van der Waals surface area contributed by atoms with E-state index < -0.39 is 0 Å². The topological polar surface area (TPSA) is 61.9 Å². The molecule has 1 aliphatic rings. The van der Waals surface area contributed by atoms with Crippen LogP contribution < -0.4 is 4.90 Å². The molecule has 2 heterocycles. The molecule has 1 atom stereocenters. The van der Waals surface area contributed by atoms with Crippen molar-refractivity contribution in [2.24, 2.45) is 0 Å². The second-order valence-corrected chi connectivity index (χ2v) is 8.21. The molecule has 1 aliphatic carbocycles. The van der Waals surface area contributed by atoms with Gasteiger partial charge < -0.3 is 4.90 Å². The van der Waals surface area contributed by atoms with Gasteiger partial charge in [-0.1, -0.05) is 32.0 Å². The Morgan fingerprint density at radius 3 is 2.79 bits per heavy atom. The van der Waals surface area contributed by atoms with Gasteiger partial charge in [-0.2, -0.15) is 5.10 Å². The third kappa shape index (κ3) is 3.95. The standard InChI is InChI=1S/C24H28N4O/c1-16(2)23-11-10-19(14-25-23)28(15-18-12-26-27-13-18)24(29)22-9-5-7-20-17(3)6-4-8-21(20)22/h4,6,8,10-14,16,22H,5,7,9,15H2,1-3H3,(H,26,27)/t22-/m0/s1. The van der Waals surface area contributed by atoms with Gasteiger partial charge in [-0.3, -0.25) is 14.9 Å². The molecule has 0 saturated carbocycles. The molecule has 5 heteroatoms. The minimum absolute atomic E-state index is 0.115. The highest BCUT2D eigenvalue weighted by atomic mass is 16.2. The van der Waals surface area contributed by atoms with Crippen molar-refractivity contribution in [3.05, 3.63) is 76.9 Å². The Kier molecular flexibility index (Phi) is 5.47. The number of rotatable bonds is 5. The van der Waals surface area contributed by atoms with Gasteiger partial charge in [0.15, 0.2) is 0 Å². The number of amides is 1. The molecular formula is C24H28N4O. The SMILES string of the molecule is Cc1cccc2c1CCC[C@@H]2C(=O)N(Cc1cn[nH]c1)c1ccc(C(C)C)nc1. The lowest BCUT2D eigenvalue weighted by atomic mass is 9.80. The number of carbonyl (C=O) groups excluding carboxylic acids is 1. The quantitative estimate of drug-likeness (QED) is 0.677. The first-order valence-corrected chi connectivity index (χ1v) is 10.4. The lowest BCUT2D eigenvalue weighted by Crippen LogP contribution is -2.36. The summed E-state index contributed by atoms with van der Waals surface area (Å²) in [6, 6.07) is 10.4. The van der Waals surface area contributed by atoms with Gasteiger partial charge in [0.25, 0.3) is 0 Å². The van der Waals surface area contributed by atoms with E-state index in [0.717, 1.165) is 36.2 Å². The fourth-order valence-electron chi connectivity index (χ4n) is 4.22. The number of H-pyrrole nitrogens is 1. The number of pyridine rings is 1. The zero-order valence-corrected chi connectivity index (χ0v) is 17.4. The van der Waals surface area contributed by atoms with Crippen LogP contribution in [0, 0.1) is 6.92 Å². The highest BCUT2D eigenvalue weighted by molar-refractivity contribution is 5.98. The van der Waals surface area contributed by atoms with E-state index in [-0.39, 0.29) is 11.8 Å². The van der Waals surface area contributed by atoms with Crippen LogP contribution in [0.2, 0.25) is 0 Å². The minimum Gasteiger partial charge on any atom is -0.306 e. The molecule has 2 aromatic heterocycles. The average Bonchev–Trinajstić information content (AvgIpc) is 3.25. The molecule has 5 nitrogen and oxygen atoms in total. The van der Waals surface area contributed by atoms with Gasteiger partial charge >= 0.3 is 0 Å². The van der Waals surface area contributed by atoms with Crippen molar-refractivity contribution in [3.63, 3.8) is 0 Å². The minimum atomic E-state index is -0.115. The predicted octanol–water partition coefficient (Wildman–Crippen LogP) is 4.89. The molecule has 1 aromatic carbocycles. The van der Waals surface area contributed by atoms with Crippen LogP contribution in [0.15, 0.2) is 48.9 Å². The summed E-state index contributed by atoms with van der Waals surface area (Å²) in [6.07, 6.45) is 8.42. The molecule has 0 saturated heterocycles. The number of aromatic amines is 1. The van der Waals surface area contributed by atoms with E-state index >= 15 is 0 Å². The van der Waals surface area contributed by atoms with Crippen molar-refractivity contribution >= 4 is 11.6 Å². The third-order valence-electron chi connectivity index (χ3n) is 5.88. The van der Waals surface area contributed by atoms with Gasteiger partial charge in [-0.15, -0.1) is 0 Å². The summed E-state index contributed by atoms with van der Waals surface area (Å²) in [7, 11) is 0. The molecule has 29 heavy (non-hydrogen) atoms. The first-order valence-electron chi connectivity index (χ1n) is 10.4. The number of nitrogens with one attached hydrogen (secondary N) is 1. The van der Waals surface area contributed by atoms with Crippen LogP contribution in [0.5, 0.6) is 0 Å². The Morgan fingerprint density at radius 1 is 1.24 bits per heavy atom. The van der Waals surface area contributed by atoms with E-state index in [9.17, 15) is 4.79 Å². The predicted molar refractivity (Wildman–Crippen MR) is 115 cm³/mol. The number of benzene rings is 1. The number of hydrogen-bond acceptors (Lipinski definition) is 3. The monoisotopic (exact) mass is 388 g/mol. The van der Waals surface area contributed by atoms with E-state index in [2.05, 4.69) is 54.2 Å². The van der Waals surface area contributed by atoms with Crippen molar-refractivity contribution < 1.29 is 4.79 Å². The maximum absolute atomic E-state index is 13.8. The van der Waals surface area contributed by atoms with Crippen LogP contribution in [0.4, 0.5) is 5.69 Å². The van der Waals surface area contributed by atoms with E-state index in [1.165, 1.54) is 16.7 Å². The number of aromatic nitrogens is 3. The highest BCUT2D eigenvalue weighted by Crippen LogP contribution is 2.36. The van der Waals surface area contributed by atoms with Crippen LogP contribution in [-0.2, 0) is 17.8 Å². The van der Waals surface area contributed by atoms with Crippen LogP contribution >= 0.6 is 0 Å². The van der Waals surface area contributed by atoms with Crippen molar-refractivity contribution in [1.29, 1.82) is 0 Å². The fraction of sp³-hybridized carbons (Fsp3) is 0.375. The molecule has 0 fully saturated rings. The summed E-state index contributed by atoms with van der Waals surface area (Å²) in [6.45, 7) is 6.87. The number of carbonyl (C=O) groups is 1. The van der Waals surface area contributed by atoms with Crippen molar-refractivity contribution in [1.82, 2.24) is 15.2 Å². The molecular weight excluding hydrogens is 360 g/mol. The number of anilines is 1. The molecule has 0 unspecified atom stereocenters. The van der Waals surface area contributed by atoms with Crippen LogP contribution in [0.3, 0.4) is 0 Å². The zero-order valence-electron chi connectivity index (χ0n) is 17.4. The summed E-state index contributed by atoms with van der Waals surface area (Å²) < 4.78 is 0. The van der Waals surface area contributed by atoms with Gasteiger partial charge in [-0.05, 0) is 60.9 Å². The Labute approximate surface area is 172 Å². The molecule has 0 radical (unpaired) electrons. The van der Waals surface area contributed by atoms with E-state index in [1.807, 2.05) is 29.4 Å². The molecule has 0 spiro atoms. The van der Waals surface area contributed by atoms with E-state index in [0.29, 0.717) is 12.5 Å². The molecule has 0 aliphatic heterocycles. The highest BCUT2D eigenvalue weighted by Gasteiger charge is 2.31. The first kappa shape index (κ1) is 19.4. The number of hydrogen-bond donors (Lipinski definition) is 1. The summed E-state index contributed by atoms with van der Waals surface area (Å²) >= 11 is 0. The fourth-order valence-corrected chi connectivity index (χ4v) is 4.22. The lowest BCUT2D eigenvalue weighted by Gasteiger charge is -2.31. The molecule has 1 amide bonds. The van der Waals surface area contributed by atoms with Gasteiger partial charge in [0.2, 0.25) is 5.91 Å². The Morgan fingerprint density at radius 2 is 2.10 bits per heavy atom. The third-order valence-corrected chi connectivity index (χ3v) is 5.88. The van der Waals surface area contributed by atoms with Crippen LogP contribution in [-0.4, -0.2) is 21.1 Å². The van der Waals surface area contributed by atoms with E-state index in [4.69, 9.17) is 0 Å². The smallest absolute Gasteiger partial charge is 0.234 e. The van der Waals surface area contributed by atoms with Crippen molar-refractivity contribution in [2.75, 3.05) is 4.90 Å². The van der Waals surface area contributed by atoms with Gasteiger partial charge in [0, 0.05) is 17.5 Å². The number of nitrogens with zero attached hydrogens (tertiary/aromatic N) is 3. The lowest BCUT2D eigenvalue weighted by molar-refractivity contribution is -0.120. The molecule has 1 N–H and O–H groups in total. The van der Waals surface area contributed by atoms with Crippen LogP contribution in [0.25, 0.3) is 0 Å². The normalized spacial score (nSPS) is 15.9. The van der Waals surface area contributed by atoms with Gasteiger partial charge in [0.1, 0.15) is 0 Å². The van der Waals surface area contributed by atoms with Crippen molar-refractivity contribution in [2.45, 2.75) is 58.4 Å².